The molecular weight excluding hydrogens is 636 g/mol. The number of ether oxygens (including phenoxy) is 1. The molecule has 0 unspecified atom stereocenters. The van der Waals surface area contributed by atoms with E-state index in [1.165, 1.54) is 30.3 Å². The largest absolute Gasteiger partial charge is 0.386 e. The first kappa shape index (κ1) is 35.6. The minimum atomic E-state index is -3.79. The zero-order valence-corrected chi connectivity index (χ0v) is 26.7. The van der Waals surface area contributed by atoms with Crippen molar-refractivity contribution in [3.63, 3.8) is 0 Å². The third-order valence-corrected chi connectivity index (χ3v) is 9.16. The van der Waals surface area contributed by atoms with Gasteiger partial charge in [0.25, 0.3) is 0 Å². The Morgan fingerprint density at radius 3 is 1.92 bits per heavy atom. The molecule has 0 bridgehead atoms. The van der Waals surface area contributed by atoms with Gasteiger partial charge in [-0.2, -0.15) is 8.78 Å². The van der Waals surface area contributed by atoms with Gasteiger partial charge in [-0.3, -0.25) is 4.39 Å². The topological polar surface area (TPSA) is 9.23 Å². The van der Waals surface area contributed by atoms with Gasteiger partial charge < -0.3 is 4.74 Å². The van der Waals surface area contributed by atoms with E-state index in [4.69, 9.17) is 4.74 Å². The molecular formula is C39H38F8O. The van der Waals surface area contributed by atoms with E-state index in [-0.39, 0.29) is 59.4 Å². The molecule has 1 aliphatic rings. The van der Waals surface area contributed by atoms with Crippen molar-refractivity contribution in [2.24, 2.45) is 0 Å². The molecule has 1 aliphatic carbocycles. The number of unbranched alkanes of at least 4 members (excludes halogenated alkanes) is 2. The van der Waals surface area contributed by atoms with Crippen LogP contribution in [0.5, 0.6) is 0 Å². The molecule has 5 rings (SSSR count). The van der Waals surface area contributed by atoms with Crippen molar-refractivity contribution in [3.05, 3.63) is 118 Å². The third-order valence-electron chi connectivity index (χ3n) is 9.16. The molecule has 1 saturated carbocycles. The zero-order chi connectivity index (χ0) is 34.4. The number of hydrogen-bond acceptors (Lipinski definition) is 1. The normalized spacial score (nSPS) is 16.8. The van der Waals surface area contributed by atoms with Crippen LogP contribution in [0.25, 0.3) is 22.3 Å². The summed E-state index contributed by atoms with van der Waals surface area (Å²) in [5, 5.41) is 0. The molecule has 1 nitrogen and oxygen atoms in total. The average Bonchev–Trinajstić information content (AvgIpc) is 3.04. The average molecular weight is 675 g/mol. The quantitative estimate of drug-likeness (QED) is 0.101. The Balaban J connectivity index is 1.21. The van der Waals surface area contributed by atoms with Gasteiger partial charge in [0, 0.05) is 16.7 Å². The monoisotopic (exact) mass is 674 g/mol. The Morgan fingerprint density at radius 2 is 1.29 bits per heavy atom. The Morgan fingerprint density at radius 1 is 0.646 bits per heavy atom. The molecule has 0 amide bonds. The van der Waals surface area contributed by atoms with E-state index in [9.17, 15) is 26.3 Å². The summed E-state index contributed by atoms with van der Waals surface area (Å²) in [6.07, 6.45) is 0.211. The lowest BCUT2D eigenvalue weighted by Gasteiger charge is -2.31. The molecule has 0 saturated heterocycles. The molecule has 0 aliphatic heterocycles. The summed E-state index contributed by atoms with van der Waals surface area (Å²) < 4.78 is 122. The number of hydrogen-bond donors (Lipinski definition) is 0. The third kappa shape index (κ3) is 8.28. The predicted octanol–water partition coefficient (Wildman–Crippen LogP) is 12.1. The minimum Gasteiger partial charge on any atom is -0.313 e. The standard InChI is InChI=1S/C39H38F8O/c1-2-3-4-6-24-8-17-33(38(45)19-24)39(46,47)48-29-13-9-25(10-14-29)26-11-15-30(34(41)20-26)27-12-16-31(35(42)21-27)28-22-36(43)32(7-5-18-40)37(44)23-28/h8,11-12,15-17,19-23,25,29H,2-7,9-10,13-14,18H2,1H3. The van der Waals surface area contributed by atoms with Crippen molar-refractivity contribution in [1.82, 2.24) is 0 Å². The van der Waals surface area contributed by atoms with E-state index in [1.807, 2.05) is 6.92 Å². The summed E-state index contributed by atoms with van der Waals surface area (Å²) in [7, 11) is 0. The van der Waals surface area contributed by atoms with E-state index in [1.54, 1.807) is 6.07 Å². The van der Waals surface area contributed by atoms with E-state index >= 15 is 8.78 Å². The van der Waals surface area contributed by atoms with E-state index in [0.717, 1.165) is 49.6 Å². The fourth-order valence-corrected chi connectivity index (χ4v) is 6.49. The van der Waals surface area contributed by atoms with E-state index in [2.05, 4.69) is 0 Å². The van der Waals surface area contributed by atoms with Gasteiger partial charge in [-0.05, 0) is 116 Å². The van der Waals surface area contributed by atoms with Crippen molar-refractivity contribution in [3.8, 4) is 22.3 Å². The van der Waals surface area contributed by atoms with Crippen LogP contribution in [0.15, 0.2) is 66.7 Å². The maximum atomic E-state index is 15.3. The number of rotatable bonds is 13. The minimum absolute atomic E-state index is 0.0351. The summed E-state index contributed by atoms with van der Waals surface area (Å²) in [5.74, 6) is -4.30. The zero-order valence-electron chi connectivity index (χ0n) is 26.7. The molecule has 1 fully saturated rings. The highest BCUT2D eigenvalue weighted by atomic mass is 19.3. The van der Waals surface area contributed by atoms with Crippen molar-refractivity contribution in [2.75, 3.05) is 6.67 Å². The molecule has 0 atom stereocenters. The van der Waals surface area contributed by atoms with Gasteiger partial charge in [0.15, 0.2) is 0 Å². The fourth-order valence-electron chi connectivity index (χ4n) is 6.49. The second kappa shape index (κ2) is 15.7. The lowest BCUT2D eigenvalue weighted by molar-refractivity contribution is -0.278. The summed E-state index contributed by atoms with van der Waals surface area (Å²) in [6, 6.07) is 14.2. The fraction of sp³-hybridized carbons (Fsp3) is 0.385. The van der Waals surface area contributed by atoms with Crippen LogP contribution in [0.2, 0.25) is 0 Å². The SMILES string of the molecule is CCCCCc1ccc(C(F)(F)OC2CCC(c3ccc(-c4ccc(-c5cc(F)c(CCCF)c(F)c5)c(F)c4)c(F)c3)CC2)c(F)c1. The summed E-state index contributed by atoms with van der Waals surface area (Å²) in [4.78, 5) is 0. The maximum absolute atomic E-state index is 15.3. The van der Waals surface area contributed by atoms with Crippen LogP contribution in [-0.4, -0.2) is 12.8 Å². The highest BCUT2D eigenvalue weighted by molar-refractivity contribution is 5.72. The first-order valence-electron chi connectivity index (χ1n) is 16.5. The van der Waals surface area contributed by atoms with Gasteiger partial charge in [-0.15, -0.1) is 0 Å². The van der Waals surface area contributed by atoms with Gasteiger partial charge in [0.2, 0.25) is 0 Å². The number of alkyl halides is 3. The molecule has 4 aromatic carbocycles. The van der Waals surface area contributed by atoms with Crippen molar-refractivity contribution >= 4 is 0 Å². The van der Waals surface area contributed by atoms with Crippen LogP contribution in [-0.2, 0) is 23.7 Å². The maximum Gasteiger partial charge on any atom is 0.386 e. The predicted molar refractivity (Wildman–Crippen MR) is 171 cm³/mol. The summed E-state index contributed by atoms with van der Waals surface area (Å²) >= 11 is 0. The molecule has 0 aromatic heterocycles. The van der Waals surface area contributed by atoms with Gasteiger partial charge >= 0.3 is 6.11 Å². The first-order valence-corrected chi connectivity index (χ1v) is 16.5. The van der Waals surface area contributed by atoms with Crippen molar-refractivity contribution < 1.29 is 39.9 Å². The Hall–Kier alpha value is -3.72. The molecule has 0 heterocycles. The van der Waals surface area contributed by atoms with Crippen LogP contribution < -0.4 is 0 Å². The summed E-state index contributed by atoms with van der Waals surface area (Å²) in [6.45, 7) is 1.33. The van der Waals surface area contributed by atoms with Crippen LogP contribution in [0.3, 0.4) is 0 Å². The lowest BCUT2D eigenvalue weighted by atomic mass is 9.82. The highest BCUT2D eigenvalue weighted by Crippen LogP contribution is 2.41. The number of aryl methyl sites for hydroxylation is 1. The number of benzene rings is 4. The second-order valence-corrected chi connectivity index (χ2v) is 12.5. The van der Waals surface area contributed by atoms with Gasteiger partial charge in [-0.25, -0.2) is 22.0 Å². The van der Waals surface area contributed by atoms with Crippen molar-refractivity contribution in [1.29, 1.82) is 0 Å². The molecule has 0 N–H and O–H groups in total. The smallest absolute Gasteiger partial charge is 0.313 e. The van der Waals surface area contributed by atoms with Crippen LogP contribution in [0.1, 0.15) is 86.5 Å². The Labute approximate surface area is 276 Å². The van der Waals surface area contributed by atoms with Crippen LogP contribution in [0, 0.1) is 29.1 Å². The first-order chi connectivity index (χ1) is 23.0. The molecule has 256 valence electrons. The lowest BCUT2D eigenvalue weighted by Crippen LogP contribution is -2.30. The van der Waals surface area contributed by atoms with Gasteiger partial charge in [0.1, 0.15) is 29.1 Å². The van der Waals surface area contributed by atoms with Crippen LogP contribution >= 0.6 is 0 Å². The van der Waals surface area contributed by atoms with Gasteiger partial charge in [0.05, 0.1) is 18.3 Å². The van der Waals surface area contributed by atoms with Crippen molar-refractivity contribution in [2.45, 2.75) is 89.3 Å². The van der Waals surface area contributed by atoms with E-state index < -0.39 is 53.5 Å². The molecule has 9 heteroatoms. The molecule has 48 heavy (non-hydrogen) atoms. The molecule has 0 radical (unpaired) electrons. The molecule has 4 aromatic rings. The highest BCUT2D eigenvalue weighted by Gasteiger charge is 2.40. The molecule has 0 spiro atoms. The summed E-state index contributed by atoms with van der Waals surface area (Å²) in [5.41, 5.74) is 0.534. The van der Waals surface area contributed by atoms with E-state index in [0.29, 0.717) is 30.4 Å². The van der Waals surface area contributed by atoms with Gasteiger partial charge in [-0.1, -0.05) is 50.1 Å². The van der Waals surface area contributed by atoms with Crippen LogP contribution in [0.4, 0.5) is 35.1 Å². The second-order valence-electron chi connectivity index (χ2n) is 12.5. The Kier molecular flexibility index (Phi) is 11.6. The number of halogens is 8. The Bertz CT molecular complexity index is 1690.